The molecular weight excluding hydrogens is 438 g/mol. The van der Waals surface area contributed by atoms with Crippen LogP contribution in [0.2, 0.25) is 0 Å². The van der Waals surface area contributed by atoms with Crippen LogP contribution in [0, 0.1) is 10.1 Å². The second-order valence-electron chi connectivity index (χ2n) is 7.15. The molecule has 0 aliphatic carbocycles. The number of hydrogen-bond acceptors (Lipinski definition) is 6. The Morgan fingerprint density at radius 1 is 0.971 bits per heavy atom. The summed E-state index contributed by atoms with van der Waals surface area (Å²) < 4.78 is 11.0. The summed E-state index contributed by atoms with van der Waals surface area (Å²) in [7, 11) is 0. The van der Waals surface area contributed by atoms with Crippen molar-refractivity contribution in [3.8, 4) is 11.3 Å². The summed E-state index contributed by atoms with van der Waals surface area (Å²) in [6.07, 6.45) is 2.88. The molecule has 0 bridgehead atoms. The lowest BCUT2D eigenvalue weighted by atomic mass is 10.1. The number of carbonyl (C=O) groups is 2. The number of hydrogen-bond donors (Lipinski definition) is 2. The smallest absolute Gasteiger partial charge is 0.270 e. The van der Waals surface area contributed by atoms with E-state index in [9.17, 15) is 19.7 Å². The second-order valence-corrected chi connectivity index (χ2v) is 7.15. The molecule has 0 aliphatic rings. The van der Waals surface area contributed by atoms with E-state index < -0.39 is 16.7 Å². The van der Waals surface area contributed by atoms with Crippen LogP contribution in [-0.2, 0) is 11.3 Å². The normalized spacial score (nSPS) is 11.1. The van der Waals surface area contributed by atoms with Crippen LogP contribution in [0.3, 0.4) is 0 Å². The van der Waals surface area contributed by atoms with Crippen LogP contribution in [0.4, 0.5) is 5.69 Å². The zero-order valence-corrected chi connectivity index (χ0v) is 17.8. The van der Waals surface area contributed by atoms with Crippen LogP contribution < -0.4 is 10.6 Å². The zero-order valence-electron chi connectivity index (χ0n) is 17.8. The lowest BCUT2D eigenvalue weighted by molar-refractivity contribution is -0.384. The first-order chi connectivity index (χ1) is 16.5. The van der Waals surface area contributed by atoms with Gasteiger partial charge in [0.1, 0.15) is 23.0 Å². The Bertz CT molecular complexity index is 1340. The highest BCUT2D eigenvalue weighted by Gasteiger charge is 2.16. The molecular formula is C25H19N3O6. The van der Waals surface area contributed by atoms with Gasteiger partial charge >= 0.3 is 0 Å². The molecule has 170 valence electrons. The number of nitro groups is 1. The maximum atomic E-state index is 12.9. The summed E-state index contributed by atoms with van der Waals surface area (Å²) in [5.74, 6) is 0.185. The maximum Gasteiger partial charge on any atom is 0.270 e. The summed E-state index contributed by atoms with van der Waals surface area (Å²) >= 11 is 0. The molecule has 0 aliphatic heterocycles. The quantitative estimate of drug-likeness (QED) is 0.227. The molecule has 9 heteroatoms. The van der Waals surface area contributed by atoms with E-state index in [0.717, 1.165) is 0 Å². The summed E-state index contributed by atoms with van der Waals surface area (Å²) in [6, 6.07) is 21.1. The Labute approximate surface area is 193 Å². The van der Waals surface area contributed by atoms with Crippen LogP contribution in [0.5, 0.6) is 0 Å². The summed E-state index contributed by atoms with van der Waals surface area (Å²) in [5, 5.41) is 16.4. The van der Waals surface area contributed by atoms with Gasteiger partial charge in [-0.25, -0.2) is 0 Å². The van der Waals surface area contributed by atoms with Gasteiger partial charge in [-0.2, -0.15) is 0 Å². The first-order valence-corrected chi connectivity index (χ1v) is 10.2. The van der Waals surface area contributed by atoms with Crippen molar-refractivity contribution in [1.82, 2.24) is 10.6 Å². The number of non-ortho nitro benzene ring substituents is 1. The molecule has 0 spiro atoms. The van der Waals surface area contributed by atoms with Gasteiger partial charge in [0.25, 0.3) is 17.5 Å². The first-order valence-electron chi connectivity index (χ1n) is 10.2. The second kappa shape index (κ2) is 10.1. The highest BCUT2D eigenvalue weighted by Crippen LogP contribution is 2.26. The van der Waals surface area contributed by atoms with Gasteiger partial charge in [-0.05, 0) is 36.4 Å². The van der Waals surface area contributed by atoms with Gasteiger partial charge < -0.3 is 19.5 Å². The zero-order chi connectivity index (χ0) is 23.9. The van der Waals surface area contributed by atoms with Crippen LogP contribution >= 0.6 is 0 Å². The molecule has 2 aromatic heterocycles. The fourth-order valence-electron chi connectivity index (χ4n) is 3.12. The van der Waals surface area contributed by atoms with E-state index in [2.05, 4.69) is 10.6 Å². The van der Waals surface area contributed by atoms with Gasteiger partial charge in [0.2, 0.25) is 0 Å². The van der Waals surface area contributed by atoms with Crippen molar-refractivity contribution in [2.45, 2.75) is 6.54 Å². The molecule has 2 aromatic carbocycles. The molecule has 0 radical (unpaired) electrons. The molecule has 9 nitrogen and oxygen atoms in total. The molecule has 2 heterocycles. The molecule has 0 saturated carbocycles. The SMILES string of the molecule is O=C(NCc1ccco1)/C(=C/c1ccc(-c2cccc([N+](=O)[O-])c2)o1)NC(=O)c1ccccc1. The van der Waals surface area contributed by atoms with Crippen molar-refractivity contribution in [2.75, 3.05) is 0 Å². The molecule has 2 amide bonds. The molecule has 4 rings (SSSR count). The highest BCUT2D eigenvalue weighted by atomic mass is 16.6. The Morgan fingerprint density at radius 3 is 2.53 bits per heavy atom. The number of nitro benzene ring substituents is 1. The van der Waals surface area contributed by atoms with E-state index in [4.69, 9.17) is 8.83 Å². The van der Waals surface area contributed by atoms with Crippen molar-refractivity contribution >= 4 is 23.6 Å². The van der Waals surface area contributed by atoms with E-state index in [1.807, 2.05) is 0 Å². The van der Waals surface area contributed by atoms with Crippen LogP contribution in [0.25, 0.3) is 17.4 Å². The average Bonchev–Trinajstić information content (AvgIpc) is 3.55. The van der Waals surface area contributed by atoms with E-state index in [-0.39, 0.29) is 23.7 Å². The summed E-state index contributed by atoms with van der Waals surface area (Å²) in [5.41, 5.74) is 0.773. The van der Waals surface area contributed by atoms with Gasteiger partial charge in [0.15, 0.2) is 0 Å². The topological polar surface area (TPSA) is 128 Å². The van der Waals surface area contributed by atoms with Crippen molar-refractivity contribution in [3.05, 3.63) is 118 Å². The van der Waals surface area contributed by atoms with E-state index in [0.29, 0.717) is 22.6 Å². The number of nitrogens with zero attached hydrogens (tertiary/aromatic N) is 1. The highest BCUT2D eigenvalue weighted by molar-refractivity contribution is 6.05. The third kappa shape index (κ3) is 5.46. The van der Waals surface area contributed by atoms with Gasteiger partial charge in [0.05, 0.1) is 17.7 Å². The first kappa shape index (κ1) is 22.3. The van der Waals surface area contributed by atoms with Crippen molar-refractivity contribution < 1.29 is 23.3 Å². The average molecular weight is 457 g/mol. The Balaban J connectivity index is 1.59. The lowest BCUT2D eigenvalue weighted by Gasteiger charge is -2.10. The van der Waals surface area contributed by atoms with Crippen LogP contribution in [-0.4, -0.2) is 16.7 Å². The van der Waals surface area contributed by atoms with E-state index in [1.54, 1.807) is 66.7 Å². The molecule has 0 atom stereocenters. The van der Waals surface area contributed by atoms with Gasteiger partial charge in [-0.15, -0.1) is 0 Å². The predicted octanol–water partition coefficient (Wildman–Crippen LogP) is 4.54. The van der Waals surface area contributed by atoms with Gasteiger partial charge in [-0.1, -0.05) is 30.3 Å². The number of furan rings is 2. The molecule has 4 aromatic rings. The monoisotopic (exact) mass is 457 g/mol. The number of nitrogens with one attached hydrogen (secondary N) is 2. The van der Waals surface area contributed by atoms with E-state index >= 15 is 0 Å². The number of rotatable bonds is 8. The van der Waals surface area contributed by atoms with Crippen LogP contribution in [0.1, 0.15) is 21.9 Å². The minimum absolute atomic E-state index is 0.0413. The van der Waals surface area contributed by atoms with Crippen molar-refractivity contribution in [1.29, 1.82) is 0 Å². The number of carbonyl (C=O) groups excluding carboxylic acids is 2. The van der Waals surface area contributed by atoms with Crippen LogP contribution in [0.15, 0.2) is 99.7 Å². The third-order valence-electron chi connectivity index (χ3n) is 4.79. The minimum atomic E-state index is -0.547. The lowest BCUT2D eigenvalue weighted by Crippen LogP contribution is -2.34. The van der Waals surface area contributed by atoms with Gasteiger partial charge in [0, 0.05) is 29.3 Å². The van der Waals surface area contributed by atoms with Crippen molar-refractivity contribution in [3.63, 3.8) is 0 Å². The molecule has 2 N–H and O–H groups in total. The summed E-state index contributed by atoms with van der Waals surface area (Å²) in [4.78, 5) is 36.1. The molecule has 0 saturated heterocycles. The molecule has 34 heavy (non-hydrogen) atoms. The molecule has 0 unspecified atom stereocenters. The largest absolute Gasteiger partial charge is 0.467 e. The fourth-order valence-corrected chi connectivity index (χ4v) is 3.12. The van der Waals surface area contributed by atoms with Gasteiger partial charge in [-0.3, -0.25) is 19.7 Å². The fraction of sp³-hybridized carbons (Fsp3) is 0.0400. The standard InChI is InChI=1S/C25H19N3O6/c29-24(17-6-2-1-3-7-17)27-22(25(30)26-16-21-10-5-13-33-21)15-20-11-12-23(34-20)18-8-4-9-19(14-18)28(31)32/h1-15H,16H2,(H,26,30)(H,27,29)/b22-15-. The predicted molar refractivity (Wildman–Crippen MR) is 123 cm³/mol. The summed E-state index contributed by atoms with van der Waals surface area (Å²) in [6.45, 7) is 0.126. The van der Waals surface area contributed by atoms with Crippen molar-refractivity contribution in [2.24, 2.45) is 0 Å². The molecule has 0 fully saturated rings. The number of amides is 2. The Kier molecular flexibility index (Phi) is 6.64. The third-order valence-corrected chi connectivity index (χ3v) is 4.79. The van der Waals surface area contributed by atoms with E-state index in [1.165, 1.54) is 24.5 Å². The minimum Gasteiger partial charge on any atom is -0.467 e. The Morgan fingerprint density at radius 2 is 1.79 bits per heavy atom. The number of benzene rings is 2. The maximum absolute atomic E-state index is 12.9. The Hall–Kier alpha value is -4.92.